The van der Waals surface area contributed by atoms with Crippen LogP contribution in [0.15, 0.2) is 97.1 Å². The smallest absolute Gasteiger partial charge is 0.251 e. The Labute approximate surface area is 213 Å². The van der Waals surface area contributed by atoms with Gasteiger partial charge in [-0.15, -0.1) is 11.3 Å². The molecule has 1 aromatic heterocycles. The minimum Gasteiger partial charge on any atom is -0.457 e. The number of rotatable bonds is 8. The molecule has 5 aromatic rings. The molecule has 0 spiro atoms. The van der Waals surface area contributed by atoms with Gasteiger partial charge in [0.05, 0.1) is 0 Å². The van der Waals surface area contributed by atoms with Crippen LogP contribution in [0.25, 0.3) is 20.5 Å². The van der Waals surface area contributed by atoms with E-state index in [1.54, 1.807) is 17.4 Å². The van der Waals surface area contributed by atoms with Crippen molar-refractivity contribution in [1.82, 2.24) is 5.32 Å². The number of para-hydroxylation sites is 1. The number of hydrogen-bond donors (Lipinski definition) is 3. The first-order valence-electron chi connectivity index (χ1n) is 11.6. The molecule has 0 radical (unpaired) electrons. The van der Waals surface area contributed by atoms with Gasteiger partial charge in [-0.05, 0) is 65.9 Å². The number of hydrogen-bond acceptors (Lipinski definition) is 5. The van der Waals surface area contributed by atoms with E-state index < -0.39 is 0 Å². The monoisotopic (exact) mass is 491 g/mol. The molecule has 5 rings (SSSR count). The van der Waals surface area contributed by atoms with Gasteiger partial charge in [0.25, 0.3) is 5.91 Å². The summed E-state index contributed by atoms with van der Waals surface area (Å²) in [5.41, 5.74) is 9.76. The molecule has 0 saturated heterocycles. The van der Waals surface area contributed by atoms with Gasteiger partial charge in [0.1, 0.15) is 11.5 Å². The molecular formula is C30H25N3O2S. The fourth-order valence-electron chi connectivity index (χ4n) is 4.02. The number of nitrogen functional groups attached to an aromatic ring is 1. The maximum Gasteiger partial charge on any atom is 0.251 e. The highest BCUT2D eigenvalue weighted by Crippen LogP contribution is 2.38. The Balaban J connectivity index is 1.26. The Kier molecular flexibility index (Phi) is 6.78. The number of nitrogens with one attached hydrogen (secondary N) is 2. The highest BCUT2D eigenvalue weighted by molar-refractivity contribution is 7.22. The van der Waals surface area contributed by atoms with Gasteiger partial charge >= 0.3 is 0 Å². The number of thiophene rings is 1. The van der Waals surface area contributed by atoms with Gasteiger partial charge in [0.2, 0.25) is 0 Å². The molecule has 0 bridgehead atoms. The topological polar surface area (TPSA) is 88.2 Å². The van der Waals surface area contributed by atoms with E-state index in [9.17, 15) is 4.79 Å². The van der Waals surface area contributed by atoms with Crippen molar-refractivity contribution in [3.05, 3.63) is 114 Å². The molecule has 0 fully saturated rings. The molecule has 0 aliphatic rings. The summed E-state index contributed by atoms with van der Waals surface area (Å²) in [6.45, 7) is 0.486. The first-order chi connectivity index (χ1) is 17.6. The maximum absolute atomic E-state index is 13.0. The van der Waals surface area contributed by atoms with Crippen LogP contribution in [-0.4, -0.2) is 18.7 Å². The summed E-state index contributed by atoms with van der Waals surface area (Å²) in [5.74, 6) is 1.37. The van der Waals surface area contributed by atoms with Crippen molar-refractivity contribution in [1.29, 1.82) is 5.41 Å². The Morgan fingerprint density at radius 3 is 2.39 bits per heavy atom. The van der Waals surface area contributed by atoms with Gasteiger partial charge in [0.15, 0.2) is 0 Å². The summed E-state index contributed by atoms with van der Waals surface area (Å²) >= 11 is 1.62. The van der Waals surface area contributed by atoms with Crippen LogP contribution < -0.4 is 15.8 Å². The number of amides is 1. The van der Waals surface area contributed by atoms with E-state index in [0.717, 1.165) is 37.6 Å². The molecule has 4 aromatic carbocycles. The summed E-state index contributed by atoms with van der Waals surface area (Å²) < 4.78 is 6.99. The molecular weight excluding hydrogens is 466 g/mol. The fourth-order valence-corrected chi connectivity index (χ4v) is 5.11. The normalized spacial score (nSPS) is 10.8. The summed E-state index contributed by atoms with van der Waals surface area (Å²) in [4.78, 5) is 14.0. The third kappa shape index (κ3) is 5.14. The van der Waals surface area contributed by atoms with Gasteiger partial charge in [-0.3, -0.25) is 4.79 Å². The second kappa shape index (κ2) is 10.5. The first kappa shape index (κ1) is 23.3. The van der Waals surface area contributed by atoms with Gasteiger partial charge in [-0.1, -0.05) is 48.5 Å². The SMILES string of the molecule is N=Cc1cc(C(=O)NCCc2ccc(Oc3ccccc3)cc2)cc(-c2cc3ccccc3s2)c1N. The van der Waals surface area contributed by atoms with E-state index in [1.807, 2.05) is 72.8 Å². The van der Waals surface area contributed by atoms with Crippen LogP contribution in [0.5, 0.6) is 11.5 Å². The molecule has 4 N–H and O–H groups in total. The molecule has 0 unspecified atom stereocenters. The summed E-state index contributed by atoms with van der Waals surface area (Å²) in [7, 11) is 0. The molecule has 178 valence electrons. The average Bonchev–Trinajstić information content (AvgIpc) is 3.34. The van der Waals surface area contributed by atoms with Gasteiger partial charge in [-0.25, -0.2) is 0 Å². The van der Waals surface area contributed by atoms with E-state index in [0.29, 0.717) is 29.8 Å². The number of carbonyl (C=O) groups excluding carboxylic acids is 1. The second-order valence-electron chi connectivity index (χ2n) is 8.38. The predicted octanol–water partition coefficient (Wildman–Crippen LogP) is 6.91. The van der Waals surface area contributed by atoms with Crippen LogP contribution in [0, 0.1) is 5.41 Å². The Bertz CT molecular complexity index is 1490. The largest absolute Gasteiger partial charge is 0.457 e. The van der Waals surface area contributed by atoms with Crippen LogP contribution in [0.2, 0.25) is 0 Å². The molecule has 1 heterocycles. The zero-order valence-corrected chi connectivity index (χ0v) is 20.3. The lowest BCUT2D eigenvalue weighted by Crippen LogP contribution is -2.26. The maximum atomic E-state index is 13.0. The van der Waals surface area contributed by atoms with Crippen molar-refractivity contribution in [2.45, 2.75) is 6.42 Å². The summed E-state index contributed by atoms with van der Waals surface area (Å²) in [6.07, 6.45) is 1.88. The molecule has 0 aliphatic heterocycles. The third-order valence-corrected chi connectivity index (χ3v) is 7.07. The molecule has 36 heavy (non-hydrogen) atoms. The zero-order valence-electron chi connectivity index (χ0n) is 19.5. The van der Waals surface area contributed by atoms with Crippen molar-refractivity contribution >= 4 is 39.2 Å². The van der Waals surface area contributed by atoms with E-state index in [2.05, 4.69) is 23.5 Å². The van der Waals surface area contributed by atoms with E-state index in [1.165, 1.54) is 6.21 Å². The van der Waals surface area contributed by atoms with Crippen molar-refractivity contribution in [3.8, 4) is 21.9 Å². The number of carbonyl (C=O) groups is 1. The average molecular weight is 492 g/mol. The van der Waals surface area contributed by atoms with Crippen LogP contribution in [0.4, 0.5) is 5.69 Å². The molecule has 0 saturated carbocycles. The lowest BCUT2D eigenvalue weighted by Gasteiger charge is -2.12. The molecule has 0 atom stereocenters. The van der Waals surface area contributed by atoms with Crippen molar-refractivity contribution in [3.63, 3.8) is 0 Å². The minimum absolute atomic E-state index is 0.190. The summed E-state index contributed by atoms with van der Waals surface area (Å²) in [5, 5.41) is 11.9. The second-order valence-corrected chi connectivity index (χ2v) is 9.47. The van der Waals surface area contributed by atoms with E-state index in [4.69, 9.17) is 15.9 Å². The molecule has 0 aliphatic carbocycles. The molecule has 6 heteroatoms. The number of anilines is 1. The fraction of sp³-hybridized carbons (Fsp3) is 0.0667. The summed E-state index contributed by atoms with van der Waals surface area (Å²) in [6, 6.07) is 31.2. The van der Waals surface area contributed by atoms with Gasteiger partial charge in [0, 0.05) is 44.7 Å². The lowest BCUT2D eigenvalue weighted by molar-refractivity contribution is 0.0954. The first-order valence-corrected chi connectivity index (χ1v) is 12.5. The van der Waals surface area contributed by atoms with Gasteiger partial charge < -0.3 is 21.2 Å². The van der Waals surface area contributed by atoms with Crippen molar-refractivity contribution in [2.24, 2.45) is 0 Å². The Hall–Kier alpha value is -4.42. The number of benzene rings is 4. The van der Waals surface area contributed by atoms with Crippen LogP contribution in [0.3, 0.4) is 0 Å². The highest BCUT2D eigenvalue weighted by atomic mass is 32.1. The zero-order chi connectivity index (χ0) is 24.9. The Morgan fingerprint density at radius 2 is 1.64 bits per heavy atom. The quantitative estimate of drug-likeness (QED) is 0.163. The standard InChI is InChI=1S/C30H25N3O2S/c31-19-23-16-22(17-26(29(23)32)28-18-21-6-4-5-9-27(21)36-28)30(34)33-15-14-20-10-12-25(13-11-20)35-24-7-2-1-3-8-24/h1-13,16-19,31H,14-15,32H2,(H,33,34). The van der Waals surface area contributed by atoms with Crippen molar-refractivity contribution < 1.29 is 9.53 Å². The molecule has 5 nitrogen and oxygen atoms in total. The van der Waals surface area contributed by atoms with E-state index >= 15 is 0 Å². The van der Waals surface area contributed by atoms with Crippen LogP contribution in [-0.2, 0) is 6.42 Å². The number of nitrogens with two attached hydrogens (primary N) is 1. The molecule has 1 amide bonds. The predicted molar refractivity (Wildman–Crippen MR) is 149 cm³/mol. The lowest BCUT2D eigenvalue weighted by atomic mass is 10.0. The van der Waals surface area contributed by atoms with E-state index in [-0.39, 0.29) is 5.91 Å². The van der Waals surface area contributed by atoms with Crippen molar-refractivity contribution in [2.75, 3.05) is 12.3 Å². The Morgan fingerprint density at radius 1 is 0.917 bits per heavy atom. The minimum atomic E-state index is -0.190. The van der Waals surface area contributed by atoms with Gasteiger partial charge in [-0.2, -0.15) is 0 Å². The number of fused-ring (bicyclic) bond motifs is 1. The third-order valence-electron chi connectivity index (χ3n) is 5.92. The van der Waals surface area contributed by atoms with Crippen LogP contribution in [0.1, 0.15) is 21.5 Å². The highest BCUT2D eigenvalue weighted by Gasteiger charge is 2.15. The number of ether oxygens (including phenoxy) is 1. The van der Waals surface area contributed by atoms with Crippen LogP contribution >= 0.6 is 11.3 Å².